The summed E-state index contributed by atoms with van der Waals surface area (Å²) in [5.41, 5.74) is 1.64. The minimum atomic E-state index is -4.48. The number of nitrogens with zero attached hydrogens (tertiary/aromatic N) is 4. The third-order valence-electron chi connectivity index (χ3n) is 7.08. The standard InChI is InChI=1S/C25H26BrF3N6O/c1-36-19-5-3-2-4-17(19)24(10-11-24)34-16-8-6-15(7-9-16)32-23-21(26)22-18(13-31-23)33-20(12-30)35(22)14-25(27,28)29/h2-5,13,15-16,34H,6-11,14H2,1H3,(H,31,32). The predicted octanol–water partition coefficient (Wildman–Crippen LogP) is 5.64. The molecule has 36 heavy (non-hydrogen) atoms. The largest absolute Gasteiger partial charge is 0.496 e. The fourth-order valence-corrected chi connectivity index (χ4v) is 5.86. The van der Waals surface area contributed by atoms with Crippen LogP contribution >= 0.6 is 15.9 Å². The van der Waals surface area contributed by atoms with Crippen LogP contribution in [0, 0.1) is 11.3 Å². The number of rotatable bonds is 7. The molecule has 0 saturated heterocycles. The molecule has 0 unspecified atom stereocenters. The summed E-state index contributed by atoms with van der Waals surface area (Å²) in [6.45, 7) is -1.29. The molecule has 2 aliphatic rings. The third-order valence-corrected chi connectivity index (χ3v) is 7.84. The van der Waals surface area contributed by atoms with E-state index in [1.165, 1.54) is 11.8 Å². The van der Waals surface area contributed by atoms with E-state index in [1.807, 2.05) is 18.2 Å². The Kier molecular flexibility index (Phi) is 6.59. The topological polar surface area (TPSA) is 87.8 Å². The van der Waals surface area contributed by atoms with Gasteiger partial charge in [-0.15, -0.1) is 0 Å². The first-order valence-corrected chi connectivity index (χ1v) is 12.7. The molecular weight excluding hydrogens is 537 g/mol. The maximum absolute atomic E-state index is 13.2. The number of nitrogens with one attached hydrogen (secondary N) is 2. The van der Waals surface area contributed by atoms with Crippen LogP contribution in [0.2, 0.25) is 0 Å². The van der Waals surface area contributed by atoms with Crippen molar-refractivity contribution in [1.29, 1.82) is 5.26 Å². The molecule has 0 amide bonds. The first-order chi connectivity index (χ1) is 17.2. The lowest BCUT2D eigenvalue weighted by atomic mass is 9.89. The number of imidazole rings is 1. The number of nitriles is 1. The fraction of sp³-hybridized carbons (Fsp3) is 0.480. The average Bonchev–Trinajstić information content (AvgIpc) is 3.55. The summed E-state index contributed by atoms with van der Waals surface area (Å²) < 4.78 is 46.3. The SMILES string of the molecule is COc1ccccc1C1(NC2CCC(Nc3ncc4nc(C#N)n(CC(F)(F)F)c4c3Br)CC2)CC1. The predicted molar refractivity (Wildman–Crippen MR) is 133 cm³/mol. The second kappa shape index (κ2) is 9.56. The van der Waals surface area contributed by atoms with Gasteiger partial charge < -0.3 is 19.9 Å². The smallest absolute Gasteiger partial charge is 0.406 e. The third kappa shape index (κ3) is 4.89. The number of methoxy groups -OCH3 is 1. The van der Waals surface area contributed by atoms with Crippen LogP contribution < -0.4 is 15.4 Å². The molecule has 2 heterocycles. The molecule has 0 radical (unpaired) electrons. The number of halogens is 4. The molecule has 0 atom stereocenters. The van der Waals surface area contributed by atoms with E-state index in [1.54, 1.807) is 13.2 Å². The molecule has 2 aliphatic carbocycles. The van der Waals surface area contributed by atoms with Crippen LogP contribution in [-0.4, -0.2) is 39.9 Å². The highest BCUT2D eigenvalue weighted by atomic mass is 79.9. The Morgan fingerprint density at radius 1 is 1.19 bits per heavy atom. The summed E-state index contributed by atoms with van der Waals surface area (Å²) >= 11 is 3.42. The molecule has 2 aromatic heterocycles. The van der Waals surface area contributed by atoms with Crippen LogP contribution in [0.15, 0.2) is 34.9 Å². The maximum Gasteiger partial charge on any atom is 0.406 e. The van der Waals surface area contributed by atoms with E-state index < -0.39 is 12.7 Å². The van der Waals surface area contributed by atoms with Gasteiger partial charge >= 0.3 is 6.18 Å². The number of hydrogen-bond acceptors (Lipinski definition) is 6. The van der Waals surface area contributed by atoms with Crippen molar-refractivity contribution in [1.82, 2.24) is 19.9 Å². The Bertz CT molecular complexity index is 1310. The molecular formula is C25H26BrF3N6O. The van der Waals surface area contributed by atoms with Gasteiger partial charge in [-0.2, -0.15) is 18.4 Å². The number of pyridine rings is 1. The zero-order valence-corrected chi connectivity index (χ0v) is 21.3. The number of alkyl halides is 3. The number of anilines is 1. The minimum Gasteiger partial charge on any atom is -0.496 e. The summed E-state index contributed by atoms with van der Waals surface area (Å²) in [5.74, 6) is 1.07. The van der Waals surface area contributed by atoms with Gasteiger partial charge in [0, 0.05) is 23.2 Å². The van der Waals surface area contributed by atoms with Crippen molar-refractivity contribution in [3.05, 3.63) is 46.3 Å². The fourth-order valence-electron chi connectivity index (χ4n) is 5.23. The van der Waals surface area contributed by atoms with Gasteiger partial charge in [0.05, 0.1) is 23.3 Å². The molecule has 5 rings (SSSR count). The maximum atomic E-state index is 13.2. The molecule has 11 heteroatoms. The van der Waals surface area contributed by atoms with Crippen molar-refractivity contribution in [2.24, 2.45) is 0 Å². The van der Waals surface area contributed by atoms with Gasteiger partial charge in [0.1, 0.15) is 29.7 Å². The molecule has 190 valence electrons. The molecule has 0 aliphatic heterocycles. The molecule has 7 nitrogen and oxygen atoms in total. The molecule has 0 bridgehead atoms. The normalized spacial score (nSPS) is 21.2. The summed E-state index contributed by atoms with van der Waals surface area (Å²) in [5, 5.41) is 16.6. The van der Waals surface area contributed by atoms with Crippen LogP contribution in [0.1, 0.15) is 49.9 Å². The first-order valence-electron chi connectivity index (χ1n) is 11.9. The van der Waals surface area contributed by atoms with Crippen LogP contribution in [0.3, 0.4) is 0 Å². The summed E-state index contributed by atoms with van der Waals surface area (Å²) in [6.07, 6.45) is 2.83. The van der Waals surface area contributed by atoms with E-state index in [4.69, 9.17) is 4.74 Å². The number of aromatic nitrogens is 3. The molecule has 2 saturated carbocycles. The highest BCUT2D eigenvalue weighted by Gasteiger charge is 2.47. The molecule has 1 aromatic carbocycles. The van der Waals surface area contributed by atoms with Gasteiger partial charge in [-0.1, -0.05) is 18.2 Å². The lowest BCUT2D eigenvalue weighted by molar-refractivity contribution is -0.140. The highest BCUT2D eigenvalue weighted by Crippen LogP contribution is 2.50. The number of para-hydroxylation sites is 1. The second-order valence-electron chi connectivity index (χ2n) is 9.52. The van der Waals surface area contributed by atoms with E-state index >= 15 is 0 Å². The molecule has 2 fully saturated rings. The number of benzene rings is 1. The van der Waals surface area contributed by atoms with Gasteiger partial charge in [0.25, 0.3) is 0 Å². The Morgan fingerprint density at radius 3 is 2.53 bits per heavy atom. The lowest BCUT2D eigenvalue weighted by Crippen LogP contribution is -2.42. The van der Waals surface area contributed by atoms with Crippen molar-refractivity contribution in [2.45, 2.75) is 68.9 Å². The number of hydrogen-bond donors (Lipinski definition) is 2. The number of ether oxygens (including phenoxy) is 1. The minimum absolute atomic E-state index is 0.0253. The molecule has 0 spiro atoms. The van der Waals surface area contributed by atoms with Gasteiger partial charge in [-0.05, 0) is 60.5 Å². The second-order valence-corrected chi connectivity index (χ2v) is 10.3. The number of fused-ring (bicyclic) bond motifs is 1. The van der Waals surface area contributed by atoms with Gasteiger partial charge in [0.2, 0.25) is 5.82 Å². The summed E-state index contributed by atoms with van der Waals surface area (Å²) in [4.78, 5) is 8.39. The van der Waals surface area contributed by atoms with E-state index in [2.05, 4.69) is 42.6 Å². The zero-order chi connectivity index (χ0) is 25.5. The lowest BCUT2D eigenvalue weighted by Gasteiger charge is -2.33. The Morgan fingerprint density at radius 2 is 1.89 bits per heavy atom. The van der Waals surface area contributed by atoms with E-state index in [9.17, 15) is 18.4 Å². The van der Waals surface area contributed by atoms with Crippen molar-refractivity contribution in [3.8, 4) is 11.8 Å². The van der Waals surface area contributed by atoms with E-state index in [0.717, 1.165) is 48.8 Å². The Hall–Kier alpha value is -2.84. The van der Waals surface area contributed by atoms with Crippen molar-refractivity contribution < 1.29 is 17.9 Å². The van der Waals surface area contributed by atoms with Crippen molar-refractivity contribution >= 4 is 32.8 Å². The first kappa shape index (κ1) is 24.8. The van der Waals surface area contributed by atoms with E-state index in [0.29, 0.717) is 16.3 Å². The molecule has 3 aromatic rings. The summed E-state index contributed by atoms with van der Waals surface area (Å²) in [6, 6.07) is 10.4. The van der Waals surface area contributed by atoms with Crippen molar-refractivity contribution in [2.75, 3.05) is 12.4 Å². The Balaban J connectivity index is 1.27. The van der Waals surface area contributed by atoms with Gasteiger partial charge in [-0.25, -0.2) is 9.97 Å². The van der Waals surface area contributed by atoms with Gasteiger partial charge in [0.15, 0.2) is 0 Å². The van der Waals surface area contributed by atoms with Crippen LogP contribution in [0.4, 0.5) is 19.0 Å². The van der Waals surface area contributed by atoms with E-state index in [-0.39, 0.29) is 28.4 Å². The van der Waals surface area contributed by atoms with Crippen LogP contribution in [0.5, 0.6) is 5.75 Å². The quantitative estimate of drug-likeness (QED) is 0.387. The Labute approximate surface area is 215 Å². The molecule has 2 N–H and O–H groups in total. The monoisotopic (exact) mass is 562 g/mol. The van der Waals surface area contributed by atoms with Crippen LogP contribution in [-0.2, 0) is 12.1 Å². The summed E-state index contributed by atoms with van der Waals surface area (Å²) in [7, 11) is 1.70. The van der Waals surface area contributed by atoms with Crippen LogP contribution in [0.25, 0.3) is 11.0 Å². The van der Waals surface area contributed by atoms with Gasteiger partial charge in [-0.3, -0.25) is 0 Å². The zero-order valence-electron chi connectivity index (χ0n) is 19.7. The highest BCUT2D eigenvalue weighted by molar-refractivity contribution is 9.10. The van der Waals surface area contributed by atoms with Crippen molar-refractivity contribution in [3.63, 3.8) is 0 Å². The average molecular weight is 563 g/mol.